The molecule has 0 spiro atoms. The third-order valence-corrected chi connectivity index (χ3v) is 14.9. The molecule has 0 amide bonds. The van der Waals surface area contributed by atoms with Crippen LogP contribution in [0.2, 0.25) is 0 Å². The summed E-state index contributed by atoms with van der Waals surface area (Å²) in [5, 5.41) is 0. The Bertz CT molecular complexity index is 753. The molecule has 120 valence electrons. The van der Waals surface area contributed by atoms with Gasteiger partial charge in [0.2, 0.25) is 0 Å². The van der Waals surface area contributed by atoms with Crippen LogP contribution >= 0.6 is 0 Å². The van der Waals surface area contributed by atoms with E-state index < -0.39 is 13.3 Å². The predicted molar refractivity (Wildman–Crippen MR) is 110 cm³/mol. The summed E-state index contributed by atoms with van der Waals surface area (Å²) in [6.45, 7) is 0. The molecule has 0 unspecified atom stereocenters. The Morgan fingerprint density at radius 1 is 0.280 bits per heavy atom. The zero-order valence-corrected chi connectivity index (χ0v) is 16.1. The zero-order valence-electron chi connectivity index (χ0n) is 14.0. The summed E-state index contributed by atoms with van der Waals surface area (Å²) in [5.41, 5.74) is 0. The first kappa shape index (κ1) is 15.9. The molecule has 0 nitrogen and oxygen atoms in total. The van der Waals surface area contributed by atoms with Crippen molar-refractivity contribution >= 4 is 30.8 Å². The van der Waals surface area contributed by atoms with E-state index in [1.165, 1.54) is 17.6 Å². The van der Waals surface area contributed by atoms with Crippen molar-refractivity contribution < 1.29 is 0 Å². The van der Waals surface area contributed by atoms with E-state index in [0.717, 1.165) is 0 Å². The summed E-state index contributed by atoms with van der Waals surface area (Å²) < 4.78 is 5.86. The molecule has 0 saturated carbocycles. The van der Waals surface area contributed by atoms with Crippen LogP contribution in [0.5, 0.6) is 0 Å². The molecule has 0 bridgehead atoms. The molecule has 0 saturated heterocycles. The molecule has 0 radical (unpaired) electrons. The number of hydrogen-bond donors (Lipinski definition) is 0. The summed E-state index contributed by atoms with van der Waals surface area (Å²) in [6, 6.07) is 44.3. The van der Waals surface area contributed by atoms with Gasteiger partial charge in [0.1, 0.15) is 0 Å². The molecule has 25 heavy (non-hydrogen) atoms. The van der Waals surface area contributed by atoms with Crippen LogP contribution in [-0.2, 0) is 0 Å². The van der Waals surface area contributed by atoms with Crippen LogP contribution in [0.1, 0.15) is 0 Å². The second-order valence-electron chi connectivity index (χ2n) is 6.21. The average Bonchev–Trinajstić information content (AvgIpc) is 2.72. The fourth-order valence-electron chi connectivity index (χ4n) is 3.75. The van der Waals surface area contributed by atoms with Gasteiger partial charge in [0.05, 0.1) is 0 Å². The average molecular weight is 381 g/mol. The van der Waals surface area contributed by atoms with Gasteiger partial charge in [-0.3, -0.25) is 0 Å². The fourth-order valence-corrected chi connectivity index (χ4v) is 13.8. The van der Waals surface area contributed by atoms with Gasteiger partial charge in [-0.05, 0) is 0 Å². The first-order chi connectivity index (χ1) is 12.4. The number of hydrogen-bond acceptors (Lipinski definition) is 0. The van der Waals surface area contributed by atoms with Crippen LogP contribution < -0.4 is 17.6 Å². The van der Waals surface area contributed by atoms with Crippen molar-refractivity contribution in [3.8, 4) is 0 Å². The van der Waals surface area contributed by atoms with Gasteiger partial charge < -0.3 is 0 Å². The zero-order chi connectivity index (χ0) is 17.0. The standard InChI is InChI=1S/C24H20Ge/c1-5-13-21(14-6-1)25(22-15-7-2-8-16-22,23-17-9-3-10-18-23)24-19-11-4-12-20-24/h1-20H. The summed E-state index contributed by atoms with van der Waals surface area (Å²) in [6.07, 6.45) is 0. The Hall–Kier alpha value is -2.58. The summed E-state index contributed by atoms with van der Waals surface area (Å²) in [4.78, 5) is 0. The molecular weight excluding hydrogens is 361 g/mol. The van der Waals surface area contributed by atoms with Crippen molar-refractivity contribution in [1.82, 2.24) is 0 Å². The Labute approximate surface area is 152 Å². The maximum atomic E-state index is 2.31. The third kappa shape index (κ3) is 2.83. The number of benzene rings is 4. The Kier molecular flexibility index (Phi) is 4.54. The summed E-state index contributed by atoms with van der Waals surface area (Å²) in [5.74, 6) is 0. The van der Waals surface area contributed by atoms with E-state index >= 15 is 0 Å². The van der Waals surface area contributed by atoms with Crippen LogP contribution in [0.25, 0.3) is 0 Å². The van der Waals surface area contributed by atoms with Gasteiger partial charge in [-0.1, -0.05) is 0 Å². The first-order valence-corrected chi connectivity index (χ1v) is 12.8. The van der Waals surface area contributed by atoms with Gasteiger partial charge >= 0.3 is 152 Å². The van der Waals surface area contributed by atoms with E-state index in [0.29, 0.717) is 0 Å². The Balaban J connectivity index is 2.13. The van der Waals surface area contributed by atoms with E-state index in [9.17, 15) is 0 Å². The van der Waals surface area contributed by atoms with Crippen molar-refractivity contribution in [3.63, 3.8) is 0 Å². The molecule has 4 aromatic carbocycles. The topological polar surface area (TPSA) is 0 Å². The van der Waals surface area contributed by atoms with Gasteiger partial charge in [-0.2, -0.15) is 0 Å². The van der Waals surface area contributed by atoms with E-state index in [1.54, 1.807) is 0 Å². The summed E-state index contributed by atoms with van der Waals surface area (Å²) >= 11 is -2.99. The quantitative estimate of drug-likeness (QED) is 0.477. The molecule has 0 N–H and O–H groups in total. The maximum absolute atomic E-state index is 2.99. The molecule has 0 aliphatic carbocycles. The molecule has 0 atom stereocenters. The Morgan fingerprint density at radius 2 is 0.480 bits per heavy atom. The third-order valence-electron chi connectivity index (χ3n) is 4.83. The van der Waals surface area contributed by atoms with Gasteiger partial charge in [0.15, 0.2) is 0 Å². The van der Waals surface area contributed by atoms with E-state index in [4.69, 9.17) is 0 Å². The van der Waals surface area contributed by atoms with E-state index in [2.05, 4.69) is 121 Å². The summed E-state index contributed by atoms with van der Waals surface area (Å²) in [7, 11) is 0. The van der Waals surface area contributed by atoms with Gasteiger partial charge in [-0.15, -0.1) is 0 Å². The van der Waals surface area contributed by atoms with Crippen molar-refractivity contribution in [2.75, 3.05) is 0 Å². The first-order valence-electron chi connectivity index (χ1n) is 8.64. The molecule has 4 aromatic rings. The molecular formula is C24H20Ge. The SMILES string of the molecule is c1cc[c]([Ge]([c]2ccccc2)([c]2ccccc2)[c]2ccccc2)cc1. The molecule has 0 fully saturated rings. The second kappa shape index (κ2) is 7.12. The van der Waals surface area contributed by atoms with Crippen LogP contribution in [-0.4, -0.2) is 13.3 Å². The molecule has 0 aliphatic rings. The minimum absolute atomic E-state index is 1.46. The van der Waals surface area contributed by atoms with Crippen molar-refractivity contribution in [2.24, 2.45) is 0 Å². The van der Waals surface area contributed by atoms with Gasteiger partial charge in [-0.25, -0.2) is 0 Å². The minimum atomic E-state index is -2.99. The second-order valence-corrected chi connectivity index (χ2v) is 14.2. The van der Waals surface area contributed by atoms with Gasteiger partial charge in [0.25, 0.3) is 0 Å². The van der Waals surface area contributed by atoms with Crippen molar-refractivity contribution in [1.29, 1.82) is 0 Å². The van der Waals surface area contributed by atoms with Crippen molar-refractivity contribution in [2.45, 2.75) is 0 Å². The van der Waals surface area contributed by atoms with Crippen LogP contribution in [0, 0.1) is 0 Å². The van der Waals surface area contributed by atoms with Gasteiger partial charge in [0, 0.05) is 0 Å². The molecule has 0 aromatic heterocycles. The number of rotatable bonds is 4. The predicted octanol–water partition coefficient (Wildman–Crippen LogP) is 3.06. The van der Waals surface area contributed by atoms with Crippen LogP contribution in [0.15, 0.2) is 121 Å². The van der Waals surface area contributed by atoms with Crippen LogP contribution in [0.3, 0.4) is 0 Å². The molecule has 4 rings (SSSR count). The fraction of sp³-hybridized carbons (Fsp3) is 0. The molecule has 0 aliphatic heterocycles. The van der Waals surface area contributed by atoms with Crippen molar-refractivity contribution in [3.05, 3.63) is 121 Å². The van der Waals surface area contributed by atoms with Crippen LogP contribution in [0.4, 0.5) is 0 Å². The van der Waals surface area contributed by atoms with E-state index in [1.807, 2.05) is 0 Å². The normalized spacial score (nSPS) is 11.2. The molecule has 1 heteroatoms. The van der Waals surface area contributed by atoms with E-state index in [-0.39, 0.29) is 0 Å². The monoisotopic (exact) mass is 382 g/mol. The molecule has 0 heterocycles. The Morgan fingerprint density at radius 3 is 0.680 bits per heavy atom.